The molecule has 0 saturated heterocycles. The van der Waals surface area contributed by atoms with Crippen molar-refractivity contribution >= 4 is 74.9 Å². The number of rotatable bonds is 5. The van der Waals surface area contributed by atoms with Gasteiger partial charge in [-0.1, -0.05) is 146 Å². The normalized spacial score (nSPS) is 11.8. The van der Waals surface area contributed by atoms with E-state index in [2.05, 4.69) is 193 Å². The van der Waals surface area contributed by atoms with Crippen LogP contribution in [0.2, 0.25) is 0 Å². The molecule has 0 amide bonds. The number of nitrogens with zero attached hydrogens (tertiary/aromatic N) is 4. The van der Waals surface area contributed by atoms with E-state index in [0.717, 1.165) is 44.3 Å². The lowest BCUT2D eigenvalue weighted by atomic mass is 10.0. The Morgan fingerprint density at radius 3 is 1.83 bits per heavy atom. The second-order valence-electron chi connectivity index (χ2n) is 14.8. The third-order valence-corrected chi connectivity index (χ3v) is 12.7. The van der Waals surface area contributed by atoms with Crippen LogP contribution in [0.4, 0.5) is 0 Å². The molecule has 0 aliphatic heterocycles. The number of hydrogen-bond acceptors (Lipinski definition) is 4. The van der Waals surface area contributed by atoms with Crippen molar-refractivity contribution in [3.8, 4) is 51.0 Å². The molecule has 9 aromatic carbocycles. The van der Waals surface area contributed by atoms with E-state index < -0.39 is 0 Å². The maximum atomic E-state index is 5.35. The van der Waals surface area contributed by atoms with Crippen molar-refractivity contribution in [1.29, 1.82) is 0 Å². The van der Waals surface area contributed by atoms with Crippen molar-refractivity contribution < 1.29 is 0 Å². The molecule has 5 heteroatoms. The summed E-state index contributed by atoms with van der Waals surface area (Å²) >= 11 is 1.79. The SMILES string of the molecule is c1ccc(-c2cccc(-c3nc(-c4ccc(-n5c6ccccc6c6cc7ccccc7cc65)c5ccccc45)nc(-c4cccc5c4sc4ccccc45)n3)c2)cc1. The first-order chi connectivity index (χ1) is 28.7. The average Bonchev–Trinajstić information content (AvgIpc) is 3.83. The Balaban J connectivity index is 1.11. The molecule has 0 aliphatic carbocycles. The first-order valence-corrected chi connectivity index (χ1v) is 20.3. The summed E-state index contributed by atoms with van der Waals surface area (Å²) in [4.78, 5) is 15.9. The van der Waals surface area contributed by atoms with Crippen LogP contribution in [0, 0.1) is 0 Å². The molecule has 0 radical (unpaired) electrons. The monoisotopic (exact) mass is 756 g/mol. The van der Waals surface area contributed by atoms with Crippen LogP contribution in [-0.4, -0.2) is 19.5 Å². The van der Waals surface area contributed by atoms with E-state index in [1.54, 1.807) is 11.3 Å². The van der Waals surface area contributed by atoms with Crippen molar-refractivity contribution in [2.75, 3.05) is 0 Å². The predicted molar refractivity (Wildman–Crippen MR) is 244 cm³/mol. The summed E-state index contributed by atoms with van der Waals surface area (Å²) in [6, 6.07) is 69.2. The highest BCUT2D eigenvalue weighted by atomic mass is 32.1. The fourth-order valence-electron chi connectivity index (χ4n) is 8.73. The minimum Gasteiger partial charge on any atom is -0.309 e. The zero-order valence-electron chi connectivity index (χ0n) is 31.2. The third-order valence-electron chi connectivity index (χ3n) is 11.4. The van der Waals surface area contributed by atoms with E-state index in [1.807, 2.05) is 6.07 Å². The molecule has 270 valence electrons. The molecule has 0 bridgehead atoms. The zero-order valence-corrected chi connectivity index (χ0v) is 32.0. The van der Waals surface area contributed by atoms with Crippen LogP contribution in [-0.2, 0) is 0 Å². The summed E-state index contributed by atoms with van der Waals surface area (Å²) in [7, 11) is 0. The molecule has 0 unspecified atom stereocenters. The van der Waals surface area contributed by atoms with E-state index in [1.165, 1.54) is 52.8 Å². The topological polar surface area (TPSA) is 43.6 Å². The number of para-hydroxylation sites is 1. The lowest BCUT2D eigenvalue weighted by Gasteiger charge is -2.15. The molecular weight excluding hydrogens is 725 g/mol. The van der Waals surface area contributed by atoms with Crippen molar-refractivity contribution in [2.24, 2.45) is 0 Å². The minimum absolute atomic E-state index is 0.637. The lowest BCUT2D eigenvalue weighted by molar-refractivity contribution is 1.08. The van der Waals surface area contributed by atoms with Gasteiger partial charge in [-0.3, -0.25) is 0 Å². The molecule has 0 saturated carbocycles. The smallest absolute Gasteiger partial charge is 0.165 e. The lowest BCUT2D eigenvalue weighted by Crippen LogP contribution is -2.02. The van der Waals surface area contributed by atoms with Gasteiger partial charge >= 0.3 is 0 Å². The molecule has 12 rings (SSSR count). The Morgan fingerprint density at radius 1 is 0.345 bits per heavy atom. The van der Waals surface area contributed by atoms with Crippen LogP contribution in [0.5, 0.6) is 0 Å². The van der Waals surface area contributed by atoms with Crippen LogP contribution in [0.3, 0.4) is 0 Å². The highest BCUT2D eigenvalue weighted by molar-refractivity contribution is 7.26. The Morgan fingerprint density at radius 2 is 0.966 bits per heavy atom. The zero-order chi connectivity index (χ0) is 38.2. The summed E-state index contributed by atoms with van der Waals surface area (Å²) in [5.74, 6) is 1.93. The van der Waals surface area contributed by atoms with Crippen LogP contribution < -0.4 is 0 Å². The van der Waals surface area contributed by atoms with Crippen molar-refractivity contribution in [3.63, 3.8) is 0 Å². The van der Waals surface area contributed by atoms with E-state index in [0.29, 0.717) is 17.5 Å². The predicted octanol–water partition coefficient (Wildman–Crippen LogP) is 14.3. The summed E-state index contributed by atoms with van der Waals surface area (Å²) < 4.78 is 4.84. The maximum absolute atomic E-state index is 5.35. The Bertz CT molecular complexity index is 3580. The summed E-state index contributed by atoms with van der Waals surface area (Å²) in [6.07, 6.45) is 0. The fraction of sp³-hybridized carbons (Fsp3) is 0. The Labute approximate surface area is 338 Å². The molecular formula is C53H32N4S. The summed E-state index contributed by atoms with van der Waals surface area (Å²) in [6.45, 7) is 0. The minimum atomic E-state index is 0.637. The van der Waals surface area contributed by atoms with Gasteiger partial charge < -0.3 is 4.57 Å². The number of hydrogen-bond donors (Lipinski definition) is 0. The van der Waals surface area contributed by atoms with Crippen LogP contribution in [0.15, 0.2) is 194 Å². The van der Waals surface area contributed by atoms with Gasteiger partial charge in [0.2, 0.25) is 0 Å². The second kappa shape index (κ2) is 13.1. The molecule has 3 heterocycles. The Hall–Kier alpha value is -7.47. The molecule has 0 aliphatic rings. The first-order valence-electron chi connectivity index (χ1n) is 19.5. The highest BCUT2D eigenvalue weighted by Crippen LogP contribution is 2.42. The molecule has 58 heavy (non-hydrogen) atoms. The standard InChI is InChI=1S/C53H32N4S/c1-2-14-33(15-3-1)34-18-12-19-37(30-34)51-54-52(56-53(55-51)44-25-13-24-42-41-23-9-11-27-49(41)58-50(42)44)43-28-29-47(39-21-7-6-20-38(39)43)57-46-26-10-8-22-40(46)45-31-35-16-4-5-17-36(35)32-48(45)57/h1-32H. The molecule has 0 spiro atoms. The number of thiophene rings is 1. The average molecular weight is 757 g/mol. The van der Waals surface area contributed by atoms with Crippen LogP contribution >= 0.6 is 11.3 Å². The highest BCUT2D eigenvalue weighted by Gasteiger charge is 2.21. The van der Waals surface area contributed by atoms with Crippen molar-refractivity contribution in [3.05, 3.63) is 194 Å². The van der Waals surface area contributed by atoms with Gasteiger partial charge in [0.15, 0.2) is 17.5 Å². The Kier molecular flexibility index (Phi) is 7.37. The molecule has 0 fully saturated rings. The van der Waals surface area contributed by atoms with E-state index >= 15 is 0 Å². The number of aromatic nitrogens is 4. The molecule has 12 aromatic rings. The maximum Gasteiger partial charge on any atom is 0.165 e. The summed E-state index contributed by atoms with van der Waals surface area (Å²) in [5, 5.41) is 9.58. The van der Waals surface area contributed by atoms with Gasteiger partial charge in [-0.2, -0.15) is 0 Å². The van der Waals surface area contributed by atoms with E-state index in [-0.39, 0.29) is 0 Å². The van der Waals surface area contributed by atoms with E-state index in [4.69, 9.17) is 15.0 Å². The van der Waals surface area contributed by atoms with Gasteiger partial charge in [0.05, 0.1) is 16.7 Å². The third kappa shape index (κ3) is 5.18. The molecule has 0 atom stereocenters. The van der Waals surface area contributed by atoms with E-state index in [9.17, 15) is 0 Å². The van der Waals surface area contributed by atoms with Gasteiger partial charge in [-0.05, 0) is 75.8 Å². The quantitative estimate of drug-likeness (QED) is 0.176. The number of fused-ring (bicyclic) bond motifs is 8. The van der Waals surface area contributed by atoms with Gasteiger partial charge in [0, 0.05) is 53.0 Å². The van der Waals surface area contributed by atoms with Crippen LogP contribution in [0.25, 0.3) is 115 Å². The number of benzene rings is 9. The van der Waals surface area contributed by atoms with Crippen LogP contribution in [0.1, 0.15) is 0 Å². The second-order valence-corrected chi connectivity index (χ2v) is 15.8. The van der Waals surface area contributed by atoms with Gasteiger partial charge in [0.25, 0.3) is 0 Å². The van der Waals surface area contributed by atoms with Crippen molar-refractivity contribution in [1.82, 2.24) is 19.5 Å². The van der Waals surface area contributed by atoms with Crippen molar-refractivity contribution in [2.45, 2.75) is 0 Å². The van der Waals surface area contributed by atoms with Gasteiger partial charge in [-0.25, -0.2) is 15.0 Å². The fourth-order valence-corrected chi connectivity index (χ4v) is 9.94. The molecule has 0 N–H and O–H groups in total. The first kappa shape index (κ1) is 32.7. The van der Waals surface area contributed by atoms with Gasteiger partial charge in [0.1, 0.15) is 0 Å². The largest absolute Gasteiger partial charge is 0.309 e. The molecule has 3 aromatic heterocycles. The van der Waals surface area contributed by atoms with Gasteiger partial charge in [-0.15, -0.1) is 11.3 Å². The molecule has 4 nitrogen and oxygen atoms in total. The summed E-state index contributed by atoms with van der Waals surface area (Å²) in [5.41, 5.74) is 8.62.